The van der Waals surface area contributed by atoms with Gasteiger partial charge in [0.1, 0.15) is 0 Å². The van der Waals surface area contributed by atoms with Crippen LogP contribution in [0.2, 0.25) is 0 Å². The fraction of sp³-hybridized carbons (Fsp3) is 0.769. The predicted molar refractivity (Wildman–Crippen MR) is 198 cm³/mol. The molecule has 268 valence electrons. The fourth-order valence-electron chi connectivity index (χ4n) is 5.38. The molecule has 0 spiro atoms. The van der Waals surface area contributed by atoms with Crippen molar-refractivity contribution in [3.8, 4) is 0 Å². The Labute approximate surface area is 284 Å². The van der Waals surface area contributed by atoms with Gasteiger partial charge in [0.15, 0.2) is 0 Å². The van der Waals surface area contributed by atoms with Crippen molar-refractivity contribution >= 4 is 16.0 Å². The second kappa shape index (κ2) is 33.2. The minimum atomic E-state index is -4.35. The summed E-state index contributed by atoms with van der Waals surface area (Å²) >= 11 is 0. The number of carbonyl (C=O) groups is 1. The third-order valence-electron chi connectivity index (χ3n) is 8.23. The molecule has 0 aliphatic carbocycles. The van der Waals surface area contributed by atoms with Crippen LogP contribution in [-0.4, -0.2) is 41.9 Å². The van der Waals surface area contributed by atoms with Crippen LogP contribution in [0.25, 0.3) is 0 Å². The van der Waals surface area contributed by atoms with Gasteiger partial charge in [0.05, 0.1) is 17.9 Å². The van der Waals surface area contributed by atoms with Gasteiger partial charge in [-0.25, -0.2) is 0 Å². The Morgan fingerprint density at radius 1 is 0.587 bits per heavy atom. The third kappa shape index (κ3) is 33.7. The summed E-state index contributed by atoms with van der Waals surface area (Å²) in [7, 11) is -4.35. The molecule has 7 heteroatoms. The molecule has 1 amide bonds. The molecule has 0 bridgehead atoms. The first-order valence-corrected chi connectivity index (χ1v) is 20.4. The predicted octanol–water partition coefficient (Wildman–Crippen LogP) is 10.7. The molecule has 6 nitrogen and oxygen atoms in total. The van der Waals surface area contributed by atoms with Crippen LogP contribution in [0.4, 0.5) is 0 Å². The topological polar surface area (TPSA) is 104 Å². The van der Waals surface area contributed by atoms with Crippen molar-refractivity contribution in [2.75, 3.05) is 5.75 Å². The minimum Gasteiger partial charge on any atom is -0.387 e. The van der Waals surface area contributed by atoms with Gasteiger partial charge in [-0.3, -0.25) is 9.35 Å². The van der Waals surface area contributed by atoms with E-state index in [1.165, 1.54) is 96.0 Å². The highest BCUT2D eigenvalue weighted by Crippen LogP contribution is 2.12. The summed E-state index contributed by atoms with van der Waals surface area (Å²) in [6, 6.07) is -1.08. The van der Waals surface area contributed by atoms with Gasteiger partial charge in [-0.1, -0.05) is 152 Å². The van der Waals surface area contributed by atoms with Gasteiger partial charge in [-0.15, -0.1) is 0 Å². The Hall–Kier alpha value is -1.70. The van der Waals surface area contributed by atoms with Crippen LogP contribution in [0.15, 0.2) is 48.6 Å². The third-order valence-corrected chi connectivity index (χ3v) is 9.01. The summed E-state index contributed by atoms with van der Waals surface area (Å²) in [5.74, 6) is -1.02. The largest absolute Gasteiger partial charge is 0.387 e. The van der Waals surface area contributed by atoms with Crippen molar-refractivity contribution in [1.29, 1.82) is 0 Å². The Morgan fingerprint density at radius 2 is 1.00 bits per heavy atom. The first-order chi connectivity index (χ1) is 22.3. The molecule has 46 heavy (non-hydrogen) atoms. The summed E-state index contributed by atoms with van der Waals surface area (Å²) in [6.07, 6.45) is 43.7. The van der Waals surface area contributed by atoms with Gasteiger partial charge in [0.2, 0.25) is 5.91 Å². The van der Waals surface area contributed by atoms with E-state index in [9.17, 15) is 22.9 Å². The first-order valence-electron chi connectivity index (χ1n) is 18.8. The normalized spacial score (nSPS) is 13.9. The number of hydrogen-bond acceptors (Lipinski definition) is 4. The molecule has 0 aliphatic heterocycles. The van der Waals surface area contributed by atoms with E-state index in [2.05, 4.69) is 55.6 Å². The zero-order valence-corrected chi connectivity index (χ0v) is 30.5. The number of hydrogen-bond donors (Lipinski definition) is 3. The van der Waals surface area contributed by atoms with Crippen molar-refractivity contribution in [1.82, 2.24) is 5.32 Å². The average Bonchev–Trinajstić information content (AvgIpc) is 3.01. The van der Waals surface area contributed by atoms with Gasteiger partial charge >= 0.3 is 0 Å². The molecule has 0 aromatic rings. The maximum absolute atomic E-state index is 12.5. The molecule has 0 heterocycles. The summed E-state index contributed by atoms with van der Waals surface area (Å²) in [4.78, 5) is 12.5. The monoisotopic (exact) mass is 666 g/mol. The SMILES string of the molecule is CCCCC/C=C\C/C=C\CCCCCCCC(=O)NC(CS(=O)(=O)O)C(O)/C=C/CC/C=C/CCCCCCCCCCCC. The highest BCUT2D eigenvalue weighted by molar-refractivity contribution is 7.85. The molecule has 2 atom stereocenters. The Balaban J connectivity index is 4.07. The van der Waals surface area contributed by atoms with Crippen LogP contribution < -0.4 is 5.32 Å². The number of carbonyl (C=O) groups excluding carboxylic acids is 1. The summed E-state index contributed by atoms with van der Waals surface area (Å²) in [5, 5.41) is 13.2. The van der Waals surface area contributed by atoms with Crippen LogP contribution in [0, 0.1) is 0 Å². The van der Waals surface area contributed by atoms with Crippen LogP contribution in [-0.2, 0) is 14.9 Å². The maximum Gasteiger partial charge on any atom is 0.267 e. The Morgan fingerprint density at radius 3 is 1.54 bits per heavy atom. The summed E-state index contributed by atoms with van der Waals surface area (Å²) in [6.45, 7) is 4.48. The highest BCUT2D eigenvalue weighted by atomic mass is 32.2. The molecular weight excluding hydrogens is 594 g/mol. The summed E-state index contributed by atoms with van der Waals surface area (Å²) < 4.78 is 32.4. The van der Waals surface area contributed by atoms with Crippen LogP contribution in [0.5, 0.6) is 0 Å². The van der Waals surface area contributed by atoms with Gasteiger partial charge < -0.3 is 10.4 Å². The molecular formula is C39H71NO5S. The van der Waals surface area contributed by atoms with Crippen molar-refractivity contribution in [3.05, 3.63) is 48.6 Å². The van der Waals surface area contributed by atoms with Crippen LogP contribution in [0.3, 0.4) is 0 Å². The van der Waals surface area contributed by atoms with Crippen LogP contribution in [0.1, 0.15) is 174 Å². The van der Waals surface area contributed by atoms with Crippen molar-refractivity contribution in [3.63, 3.8) is 0 Å². The van der Waals surface area contributed by atoms with E-state index in [0.29, 0.717) is 12.8 Å². The van der Waals surface area contributed by atoms with Crippen molar-refractivity contribution < 1.29 is 22.9 Å². The number of rotatable bonds is 33. The molecule has 0 radical (unpaired) electrons. The Kier molecular flexibility index (Phi) is 32.0. The summed E-state index contributed by atoms with van der Waals surface area (Å²) in [5.41, 5.74) is 0. The van der Waals surface area contributed by atoms with Crippen molar-refractivity contribution in [2.24, 2.45) is 0 Å². The van der Waals surface area contributed by atoms with Crippen LogP contribution >= 0.6 is 0 Å². The molecule has 0 saturated heterocycles. The number of aliphatic hydroxyl groups excluding tert-OH is 1. The lowest BCUT2D eigenvalue weighted by atomic mass is 10.1. The standard InChI is InChI=1S/C39H71NO5S/c1-3-5-7-9-11-13-15-17-19-21-22-24-26-28-30-32-34-38(41)37(36-46(43,44)45)40-39(42)35-33-31-29-27-25-23-20-18-16-14-12-10-8-6-4-2/h12,14,18,20,24,26,32,34,37-38,41H,3-11,13,15-17,19,21-23,25,27-31,33,35-36H2,1-2H3,(H,40,42)(H,43,44,45)/b14-12-,20-18-,26-24+,34-32+. The zero-order valence-electron chi connectivity index (χ0n) is 29.7. The first kappa shape index (κ1) is 44.3. The van der Waals surface area contributed by atoms with Gasteiger partial charge in [-0.2, -0.15) is 8.42 Å². The molecule has 0 aliphatic rings. The van der Waals surface area contributed by atoms with E-state index < -0.39 is 28.0 Å². The Bertz CT molecular complexity index is 909. The van der Waals surface area contributed by atoms with E-state index in [1.54, 1.807) is 6.08 Å². The lowest BCUT2D eigenvalue weighted by Crippen LogP contribution is -2.46. The minimum absolute atomic E-state index is 0.271. The average molecular weight is 666 g/mol. The lowest BCUT2D eigenvalue weighted by molar-refractivity contribution is -0.122. The van der Waals surface area contributed by atoms with Gasteiger partial charge in [0.25, 0.3) is 10.1 Å². The number of unbranched alkanes of at least 4 members (excludes halogenated alkanes) is 19. The fourth-order valence-corrected chi connectivity index (χ4v) is 6.11. The molecule has 0 aromatic heterocycles. The van der Waals surface area contributed by atoms with E-state index in [-0.39, 0.29) is 12.3 Å². The zero-order chi connectivity index (χ0) is 34.0. The highest BCUT2D eigenvalue weighted by Gasteiger charge is 2.24. The molecule has 0 fully saturated rings. The number of nitrogens with one attached hydrogen (secondary N) is 1. The number of amides is 1. The van der Waals surface area contributed by atoms with Crippen molar-refractivity contribution in [2.45, 2.75) is 187 Å². The van der Waals surface area contributed by atoms with Gasteiger partial charge in [0, 0.05) is 6.42 Å². The van der Waals surface area contributed by atoms with E-state index in [4.69, 9.17) is 0 Å². The molecule has 0 saturated carbocycles. The van der Waals surface area contributed by atoms with E-state index >= 15 is 0 Å². The molecule has 2 unspecified atom stereocenters. The number of allylic oxidation sites excluding steroid dienone is 7. The molecule has 0 aromatic carbocycles. The van der Waals surface area contributed by atoms with Gasteiger partial charge in [-0.05, 0) is 64.2 Å². The maximum atomic E-state index is 12.5. The quantitative estimate of drug-likeness (QED) is 0.0368. The van der Waals surface area contributed by atoms with E-state index in [0.717, 1.165) is 51.4 Å². The van der Waals surface area contributed by atoms with E-state index in [1.807, 2.05) is 0 Å². The second-order valence-electron chi connectivity index (χ2n) is 12.8. The second-order valence-corrected chi connectivity index (χ2v) is 14.3. The smallest absolute Gasteiger partial charge is 0.267 e. The molecule has 0 rings (SSSR count). The lowest BCUT2D eigenvalue weighted by Gasteiger charge is -2.21. The molecule has 3 N–H and O–H groups in total. The number of aliphatic hydroxyl groups is 1.